The molecule has 5 nitrogen and oxygen atoms in total. The summed E-state index contributed by atoms with van der Waals surface area (Å²) < 4.78 is 0. The normalized spacial score (nSPS) is 16.9. The molecule has 2 rings (SSSR count). The zero-order valence-corrected chi connectivity index (χ0v) is 11.6. The van der Waals surface area contributed by atoms with Crippen molar-refractivity contribution in [1.82, 2.24) is 15.3 Å². The molecule has 0 atom stereocenters. The van der Waals surface area contributed by atoms with Crippen molar-refractivity contribution in [3.63, 3.8) is 0 Å². The molecule has 100 valence electrons. The van der Waals surface area contributed by atoms with E-state index in [1.165, 1.54) is 12.8 Å². The quantitative estimate of drug-likeness (QED) is 0.866. The zero-order valence-electron chi connectivity index (χ0n) is 11.6. The third-order valence-corrected chi connectivity index (χ3v) is 3.34. The van der Waals surface area contributed by atoms with E-state index in [9.17, 15) is 0 Å². The van der Waals surface area contributed by atoms with Gasteiger partial charge in [-0.2, -0.15) is 4.98 Å². The van der Waals surface area contributed by atoms with Gasteiger partial charge in [-0.25, -0.2) is 4.98 Å². The lowest BCUT2D eigenvalue weighted by Gasteiger charge is -2.33. The molecule has 1 aliphatic rings. The Morgan fingerprint density at radius 3 is 2.72 bits per heavy atom. The fraction of sp³-hybridized carbons (Fsp3) is 0.692. The third kappa shape index (κ3) is 3.10. The lowest BCUT2D eigenvalue weighted by atomic mass is 10.1. The molecule has 1 aromatic heterocycles. The number of nitrogens with zero attached hydrogens (tertiary/aromatic N) is 4. The summed E-state index contributed by atoms with van der Waals surface area (Å²) >= 11 is 0. The molecule has 0 aromatic carbocycles. The smallest absolute Gasteiger partial charge is 0.226 e. The van der Waals surface area contributed by atoms with Gasteiger partial charge in [0.25, 0.3) is 0 Å². The Balaban J connectivity index is 1.98. The van der Waals surface area contributed by atoms with Crippen molar-refractivity contribution in [3.8, 4) is 0 Å². The van der Waals surface area contributed by atoms with Gasteiger partial charge in [-0.15, -0.1) is 0 Å². The summed E-state index contributed by atoms with van der Waals surface area (Å²) in [7, 11) is 3.94. The van der Waals surface area contributed by atoms with Gasteiger partial charge in [0, 0.05) is 39.4 Å². The standard InChI is InChI=1S/C13H23N5/c1-4-14-11-6-9-18(10-7-11)12-5-8-15-13(16-12)17(2)3/h5,8,11,14H,4,6-7,9-10H2,1-3H3. The van der Waals surface area contributed by atoms with Gasteiger partial charge in [-0.1, -0.05) is 6.92 Å². The Hall–Kier alpha value is -1.36. The summed E-state index contributed by atoms with van der Waals surface area (Å²) in [6, 6.07) is 2.67. The van der Waals surface area contributed by atoms with Gasteiger partial charge >= 0.3 is 0 Å². The van der Waals surface area contributed by atoms with Crippen LogP contribution in [0.15, 0.2) is 12.3 Å². The molecule has 0 amide bonds. The highest BCUT2D eigenvalue weighted by molar-refractivity contribution is 5.43. The fourth-order valence-electron chi connectivity index (χ4n) is 2.33. The monoisotopic (exact) mass is 249 g/mol. The van der Waals surface area contributed by atoms with E-state index in [0.717, 1.165) is 31.4 Å². The molecule has 0 bridgehead atoms. The molecule has 0 aliphatic carbocycles. The number of hydrogen-bond acceptors (Lipinski definition) is 5. The van der Waals surface area contributed by atoms with Crippen LogP contribution < -0.4 is 15.1 Å². The predicted octanol–water partition coefficient (Wildman–Crippen LogP) is 1.12. The van der Waals surface area contributed by atoms with Crippen LogP contribution in [0.4, 0.5) is 11.8 Å². The molecule has 18 heavy (non-hydrogen) atoms. The van der Waals surface area contributed by atoms with Crippen molar-refractivity contribution < 1.29 is 0 Å². The number of rotatable bonds is 4. The molecular weight excluding hydrogens is 226 g/mol. The van der Waals surface area contributed by atoms with Crippen LogP contribution in [-0.2, 0) is 0 Å². The zero-order chi connectivity index (χ0) is 13.0. The Morgan fingerprint density at radius 2 is 2.11 bits per heavy atom. The first-order valence-corrected chi connectivity index (χ1v) is 6.69. The number of nitrogens with one attached hydrogen (secondary N) is 1. The maximum atomic E-state index is 4.59. The SMILES string of the molecule is CCNC1CCN(c2ccnc(N(C)C)n2)CC1. The summed E-state index contributed by atoms with van der Waals surface area (Å²) in [6.07, 6.45) is 4.22. The van der Waals surface area contributed by atoms with E-state index in [1.54, 1.807) is 0 Å². The van der Waals surface area contributed by atoms with Gasteiger partial charge in [-0.05, 0) is 25.5 Å². The van der Waals surface area contributed by atoms with E-state index in [-0.39, 0.29) is 0 Å². The molecule has 1 N–H and O–H groups in total. The molecule has 1 saturated heterocycles. The highest BCUT2D eigenvalue weighted by atomic mass is 15.3. The van der Waals surface area contributed by atoms with E-state index < -0.39 is 0 Å². The summed E-state index contributed by atoms with van der Waals surface area (Å²) in [6.45, 7) is 5.37. The van der Waals surface area contributed by atoms with Crippen LogP contribution in [0.3, 0.4) is 0 Å². The van der Waals surface area contributed by atoms with Crippen LogP contribution in [-0.4, -0.2) is 49.7 Å². The molecule has 1 aromatic rings. The average molecular weight is 249 g/mol. The first-order chi connectivity index (χ1) is 8.70. The van der Waals surface area contributed by atoms with Crippen LogP contribution >= 0.6 is 0 Å². The van der Waals surface area contributed by atoms with Crippen LogP contribution in [0.25, 0.3) is 0 Å². The maximum Gasteiger partial charge on any atom is 0.226 e. The Kier molecular flexibility index (Phi) is 4.36. The highest BCUT2D eigenvalue weighted by Crippen LogP contribution is 2.19. The summed E-state index contributed by atoms with van der Waals surface area (Å²) in [5.74, 6) is 1.82. The van der Waals surface area contributed by atoms with Crippen molar-refractivity contribution in [2.45, 2.75) is 25.8 Å². The Morgan fingerprint density at radius 1 is 1.39 bits per heavy atom. The third-order valence-electron chi connectivity index (χ3n) is 3.34. The van der Waals surface area contributed by atoms with Gasteiger partial charge in [0.15, 0.2) is 0 Å². The number of aromatic nitrogens is 2. The molecule has 5 heteroatoms. The maximum absolute atomic E-state index is 4.59. The molecule has 0 unspecified atom stereocenters. The van der Waals surface area contributed by atoms with Crippen LogP contribution in [0.5, 0.6) is 0 Å². The molecule has 0 saturated carbocycles. The van der Waals surface area contributed by atoms with Gasteiger partial charge in [0.05, 0.1) is 0 Å². The molecule has 0 spiro atoms. The number of anilines is 2. The van der Waals surface area contributed by atoms with Crippen molar-refractivity contribution in [1.29, 1.82) is 0 Å². The fourth-order valence-corrected chi connectivity index (χ4v) is 2.33. The van der Waals surface area contributed by atoms with Gasteiger partial charge in [0.1, 0.15) is 5.82 Å². The van der Waals surface area contributed by atoms with Crippen molar-refractivity contribution in [2.75, 3.05) is 43.5 Å². The lowest BCUT2D eigenvalue weighted by Crippen LogP contribution is -2.42. The minimum Gasteiger partial charge on any atom is -0.356 e. The minimum absolute atomic E-state index is 0.668. The second kappa shape index (κ2) is 6.00. The van der Waals surface area contributed by atoms with Crippen LogP contribution in [0, 0.1) is 0 Å². The van der Waals surface area contributed by atoms with E-state index in [4.69, 9.17) is 0 Å². The molecule has 1 aliphatic heterocycles. The topological polar surface area (TPSA) is 44.3 Å². The molecular formula is C13H23N5. The molecule has 0 radical (unpaired) electrons. The van der Waals surface area contributed by atoms with Gasteiger partial charge < -0.3 is 15.1 Å². The van der Waals surface area contributed by atoms with Crippen LogP contribution in [0.1, 0.15) is 19.8 Å². The lowest BCUT2D eigenvalue weighted by molar-refractivity contribution is 0.422. The first-order valence-electron chi connectivity index (χ1n) is 6.69. The number of piperidine rings is 1. The average Bonchev–Trinajstić information content (AvgIpc) is 2.40. The number of hydrogen-bond donors (Lipinski definition) is 1. The first kappa shape index (κ1) is 13.1. The van der Waals surface area contributed by atoms with Gasteiger partial charge in [0.2, 0.25) is 5.95 Å². The van der Waals surface area contributed by atoms with E-state index in [1.807, 2.05) is 31.3 Å². The predicted molar refractivity (Wildman–Crippen MR) is 75.3 cm³/mol. The Labute approximate surface area is 109 Å². The highest BCUT2D eigenvalue weighted by Gasteiger charge is 2.19. The van der Waals surface area contributed by atoms with Crippen molar-refractivity contribution in [2.24, 2.45) is 0 Å². The summed E-state index contributed by atoms with van der Waals surface area (Å²) in [5.41, 5.74) is 0. The summed E-state index contributed by atoms with van der Waals surface area (Å²) in [4.78, 5) is 13.1. The summed E-state index contributed by atoms with van der Waals surface area (Å²) in [5, 5.41) is 3.52. The van der Waals surface area contributed by atoms with Crippen molar-refractivity contribution >= 4 is 11.8 Å². The molecule has 1 fully saturated rings. The van der Waals surface area contributed by atoms with Crippen molar-refractivity contribution in [3.05, 3.63) is 12.3 Å². The van der Waals surface area contributed by atoms with Crippen LogP contribution in [0.2, 0.25) is 0 Å². The Bertz CT molecular complexity index is 371. The van der Waals surface area contributed by atoms with E-state index in [2.05, 4.69) is 27.1 Å². The minimum atomic E-state index is 0.668. The van der Waals surface area contributed by atoms with Gasteiger partial charge in [-0.3, -0.25) is 0 Å². The van der Waals surface area contributed by atoms with E-state index >= 15 is 0 Å². The van der Waals surface area contributed by atoms with E-state index in [0.29, 0.717) is 6.04 Å². The second-order valence-corrected chi connectivity index (χ2v) is 4.93. The largest absolute Gasteiger partial charge is 0.356 e. The molecule has 2 heterocycles. The second-order valence-electron chi connectivity index (χ2n) is 4.93.